The maximum Gasteiger partial charge on any atom is 0.171 e. The van der Waals surface area contributed by atoms with E-state index in [1.165, 1.54) is 0 Å². The number of methoxy groups -OCH3 is 2. The predicted molar refractivity (Wildman–Crippen MR) is 77.1 cm³/mol. The number of hydrogen-bond donors (Lipinski definition) is 1. The van der Waals surface area contributed by atoms with Gasteiger partial charge in [0, 0.05) is 12.0 Å². The lowest BCUT2D eigenvalue weighted by Crippen LogP contribution is -2.28. The molecule has 1 aromatic rings. The van der Waals surface area contributed by atoms with Gasteiger partial charge in [-0.15, -0.1) is 0 Å². The highest BCUT2D eigenvalue weighted by Crippen LogP contribution is 2.38. The van der Waals surface area contributed by atoms with Gasteiger partial charge in [-0.25, -0.2) is 0 Å². The zero-order chi connectivity index (χ0) is 14.0. The van der Waals surface area contributed by atoms with Crippen LogP contribution in [0.15, 0.2) is 16.6 Å². The molecule has 1 fully saturated rings. The zero-order valence-corrected chi connectivity index (χ0v) is 12.9. The molecule has 1 aliphatic heterocycles. The third-order valence-corrected chi connectivity index (χ3v) is 4.36. The van der Waals surface area contributed by atoms with Gasteiger partial charge >= 0.3 is 0 Å². The van der Waals surface area contributed by atoms with Crippen molar-refractivity contribution in [3.63, 3.8) is 0 Å². The summed E-state index contributed by atoms with van der Waals surface area (Å²) in [6.07, 6.45) is 0.868. The van der Waals surface area contributed by atoms with Crippen LogP contribution in [0.5, 0.6) is 11.5 Å². The maximum absolute atomic E-state index is 12.6. The molecule has 1 aliphatic rings. The summed E-state index contributed by atoms with van der Waals surface area (Å²) in [6, 6.07) is 3.76. The van der Waals surface area contributed by atoms with Gasteiger partial charge in [0.25, 0.3) is 0 Å². The number of Topliss-reactive ketones (excluding diaryl/α,β-unsaturated/α-hetero) is 1. The van der Waals surface area contributed by atoms with Crippen molar-refractivity contribution in [3.8, 4) is 11.5 Å². The van der Waals surface area contributed by atoms with E-state index in [1.54, 1.807) is 26.4 Å². The Kier molecular flexibility index (Phi) is 4.47. The van der Waals surface area contributed by atoms with E-state index >= 15 is 0 Å². The minimum Gasteiger partial charge on any atom is -0.495 e. The van der Waals surface area contributed by atoms with Crippen LogP contribution in [0.4, 0.5) is 0 Å². The van der Waals surface area contributed by atoms with Crippen LogP contribution < -0.4 is 14.8 Å². The Morgan fingerprint density at radius 3 is 2.63 bits per heavy atom. The molecular formula is C14H18BrNO3. The van der Waals surface area contributed by atoms with Gasteiger partial charge in [0.15, 0.2) is 5.78 Å². The van der Waals surface area contributed by atoms with Gasteiger partial charge in [-0.1, -0.05) is 0 Å². The largest absolute Gasteiger partial charge is 0.495 e. The maximum atomic E-state index is 12.6. The molecule has 1 saturated heterocycles. The number of benzene rings is 1. The standard InChI is InChI=1S/C14H18BrNO3/c1-8-9(6-7-16-8)13(17)10-4-5-11(18-2)12(15)14(10)19-3/h4-5,8-9,16H,6-7H2,1-3H3. The summed E-state index contributed by atoms with van der Waals surface area (Å²) < 4.78 is 11.3. The Balaban J connectivity index is 2.39. The summed E-state index contributed by atoms with van der Waals surface area (Å²) >= 11 is 3.43. The molecule has 1 N–H and O–H groups in total. The number of carbonyl (C=O) groups is 1. The molecule has 0 aliphatic carbocycles. The molecule has 1 heterocycles. The van der Waals surface area contributed by atoms with Crippen LogP contribution in [0, 0.1) is 5.92 Å². The molecular weight excluding hydrogens is 310 g/mol. The van der Waals surface area contributed by atoms with Crippen molar-refractivity contribution in [2.45, 2.75) is 19.4 Å². The molecule has 104 valence electrons. The Hall–Kier alpha value is -1.07. The molecule has 0 spiro atoms. The molecule has 0 aromatic heterocycles. The molecule has 2 unspecified atom stereocenters. The van der Waals surface area contributed by atoms with Crippen molar-refractivity contribution in [3.05, 3.63) is 22.2 Å². The fourth-order valence-electron chi connectivity index (χ4n) is 2.51. The second-order valence-corrected chi connectivity index (χ2v) is 5.46. The number of ketones is 1. The van der Waals surface area contributed by atoms with Gasteiger partial charge in [0.2, 0.25) is 0 Å². The summed E-state index contributed by atoms with van der Waals surface area (Å²) in [5.74, 6) is 1.33. The summed E-state index contributed by atoms with van der Waals surface area (Å²) in [5.41, 5.74) is 0.607. The number of hydrogen-bond acceptors (Lipinski definition) is 4. The summed E-state index contributed by atoms with van der Waals surface area (Å²) in [6.45, 7) is 2.93. The number of halogens is 1. The normalized spacial score (nSPS) is 22.3. The van der Waals surface area contributed by atoms with Crippen molar-refractivity contribution in [2.75, 3.05) is 20.8 Å². The van der Waals surface area contributed by atoms with E-state index in [4.69, 9.17) is 9.47 Å². The second-order valence-electron chi connectivity index (χ2n) is 4.66. The lowest BCUT2D eigenvalue weighted by Gasteiger charge is -2.17. The minimum absolute atomic E-state index is 0.00851. The fraction of sp³-hybridized carbons (Fsp3) is 0.500. The molecule has 1 aromatic carbocycles. The van der Waals surface area contributed by atoms with Gasteiger partial charge in [0.05, 0.1) is 19.8 Å². The SMILES string of the molecule is COc1ccc(C(=O)C2CCNC2C)c(OC)c1Br. The van der Waals surface area contributed by atoms with E-state index < -0.39 is 0 Å². The second kappa shape index (κ2) is 5.92. The van der Waals surface area contributed by atoms with Crippen LogP contribution in [0.25, 0.3) is 0 Å². The molecule has 2 atom stereocenters. The van der Waals surface area contributed by atoms with Gasteiger partial charge in [0.1, 0.15) is 16.0 Å². The molecule has 0 radical (unpaired) electrons. The van der Waals surface area contributed by atoms with Crippen molar-refractivity contribution in [2.24, 2.45) is 5.92 Å². The minimum atomic E-state index is 0.00851. The van der Waals surface area contributed by atoms with Gasteiger partial charge < -0.3 is 14.8 Å². The van der Waals surface area contributed by atoms with Gasteiger partial charge in [-0.3, -0.25) is 4.79 Å². The van der Waals surface area contributed by atoms with Crippen LogP contribution >= 0.6 is 15.9 Å². The van der Waals surface area contributed by atoms with E-state index in [-0.39, 0.29) is 17.7 Å². The van der Waals surface area contributed by atoms with Crippen LogP contribution in [0.1, 0.15) is 23.7 Å². The van der Waals surface area contributed by atoms with Crippen LogP contribution in [-0.4, -0.2) is 32.6 Å². The molecule has 5 heteroatoms. The first-order valence-corrected chi connectivity index (χ1v) is 7.07. The molecule has 19 heavy (non-hydrogen) atoms. The predicted octanol–water partition coefficient (Wildman–Crippen LogP) is 2.65. The van der Waals surface area contributed by atoms with E-state index in [1.807, 2.05) is 6.92 Å². The Morgan fingerprint density at radius 1 is 1.37 bits per heavy atom. The molecule has 4 nitrogen and oxygen atoms in total. The molecule has 0 bridgehead atoms. The number of ether oxygens (including phenoxy) is 2. The third kappa shape index (κ3) is 2.62. The number of nitrogens with one attached hydrogen (secondary N) is 1. The van der Waals surface area contributed by atoms with E-state index in [9.17, 15) is 4.79 Å². The number of carbonyl (C=O) groups excluding carboxylic acids is 1. The molecule has 0 saturated carbocycles. The number of rotatable bonds is 4. The molecule has 2 rings (SSSR count). The highest BCUT2D eigenvalue weighted by Gasteiger charge is 2.32. The first-order chi connectivity index (χ1) is 9.10. The first-order valence-electron chi connectivity index (χ1n) is 6.28. The highest BCUT2D eigenvalue weighted by atomic mass is 79.9. The highest BCUT2D eigenvalue weighted by molar-refractivity contribution is 9.10. The van der Waals surface area contributed by atoms with Crippen LogP contribution in [-0.2, 0) is 0 Å². The first kappa shape index (κ1) is 14.3. The van der Waals surface area contributed by atoms with Crippen LogP contribution in [0.3, 0.4) is 0 Å². The average Bonchev–Trinajstić information content (AvgIpc) is 2.83. The Labute approximate surface area is 121 Å². The topological polar surface area (TPSA) is 47.6 Å². The van der Waals surface area contributed by atoms with Crippen molar-refractivity contribution >= 4 is 21.7 Å². The van der Waals surface area contributed by atoms with E-state index in [2.05, 4.69) is 21.2 Å². The summed E-state index contributed by atoms with van der Waals surface area (Å²) in [4.78, 5) is 12.6. The summed E-state index contributed by atoms with van der Waals surface area (Å²) in [5, 5.41) is 3.30. The quantitative estimate of drug-likeness (QED) is 0.864. The fourth-order valence-corrected chi connectivity index (χ4v) is 3.18. The summed E-state index contributed by atoms with van der Waals surface area (Å²) in [7, 11) is 3.15. The van der Waals surface area contributed by atoms with E-state index in [0.717, 1.165) is 13.0 Å². The lowest BCUT2D eigenvalue weighted by atomic mass is 9.91. The van der Waals surface area contributed by atoms with Gasteiger partial charge in [-0.2, -0.15) is 0 Å². The Bertz CT molecular complexity index is 490. The van der Waals surface area contributed by atoms with Crippen LogP contribution in [0.2, 0.25) is 0 Å². The molecule has 0 amide bonds. The smallest absolute Gasteiger partial charge is 0.171 e. The van der Waals surface area contributed by atoms with Crippen molar-refractivity contribution in [1.82, 2.24) is 5.32 Å². The van der Waals surface area contributed by atoms with E-state index in [0.29, 0.717) is 21.5 Å². The van der Waals surface area contributed by atoms with Gasteiger partial charge in [-0.05, 0) is 48.0 Å². The van der Waals surface area contributed by atoms with Crippen molar-refractivity contribution in [1.29, 1.82) is 0 Å². The Morgan fingerprint density at radius 2 is 2.11 bits per heavy atom. The van der Waals surface area contributed by atoms with Crippen molar-refractivity contribution < 1.29 is 14.3 Å². The third-order valence-electron chi connectivity index (χ3n) is 3.61. The lowest BCUT2D eigenvalue weighted by molar-refractivity contribution is 0.0910. The monoisotopic (exact) mass is 327 g/mol. The average molecular weight is 328 g/mol. The zero-order valence-electron chi connectivity index (χ0n) is 11.3.